The average molecular weight is 680 g/mol. The van der Waals surface area contributed by atoms with Gasteiger partial charge in [0.25, 0.3) is 0 Å². The van der Waals surface area contributed by atoms with Crippen LogP contribution in [0.25, 0.3) is 22.3 Å². The van der Waals surface area contributed by atoms with Gasteiger partial charge in [0.1, 0.15) is 0 Å². The Kier molecular flexibility index (Phi) is 6.85. The smallest absolute Gasteiger partial charge is 0.0546 e. The summed E-state index contributed by atoms with van der Waals surface area (Å²) in [5, 5.41) is 0. The Hall–Kier alpha value is -4.62. The predicted octanol–water partition coefficient (Wildman–Crippen LogP) is 13.8. The lowest BCUT2D eigenvalue weighted by Gasteiger charge is -2.33. The maximum Gasteiger partial charge on any atom is 0.0546 e. The van der Waals surface area contributed by atoms with Gasteiger partial charge in [-0.15, -0.1) is 0 Å². The fourth-order valence-corrected chi connectivity index (χ4v) is 9.97. The summed E-state index contributed by atoms with van der Waals surface area (Å²) in [7, 11) is 0. The molecule has 0 amide bonds. The number of anilines is 3. The van der Waals surface area contributed by atoms with E-state index < -0.39 is 0 Å². The number of nitrogens with zero attached hydrogens (tertiary/aromatic N) is 1. The van der Waals surface area contributed by atoms with Gasteiger partial charge in [0, 0.05) is 33.2 Å². The molecule has 9 rings (SSSR count). The molecule has 4 aliphatic rings. The van der Waals surface area contributed by atoms with Gasteiger partial charge in [0.05, 0.1) is 5.69 Å². The van der Waals surface area contributed by atoms with E-state index in [1.54, 1.807) is 5.57 Å². The van der Waals surface area contributed by atoms with Crippen molar-refractivity contribution in [2.45, 2.75) is 103 Å². The van der Waals surface area contributed by atoms with Crippen LogP contribution in [0.5, 0.6) is 0 Å². The van der Waals surface area contributed by atoms with Crippen molar-refractivity contribution >= 4 is 17.1 Å². The molecule has 262 valence electrons. The minimum absolute atomic E-state index is 0.0245. The average Bonchev–Trinajstić information content (AvgIpc) is 3.77. The molecular formula is C51H53N. The highest BCUT2D eigenvalue weighted by Crippen LogP contribution is 2.71. The topological polar surface area (TPSA) is 3.24 Å². The first kappa shape index (κ1) is 33.2. The Balaban J connectivity index is 1.31. The minimum atomic E-state index is -0.139. The van der Waals surface area contributed by atoms with Crippen LogP contribution in [0.2, 0.25) is 0 Å². The Labute approximate surface area is 312 Å². The molecule has 2 unspecified atom stereocenters. The molecule has 1 heteroatoms. The normalized spacial score (nSPS) is 21.4. The highest BCUT2D eigenvalue weighted by atomic mass is 15.1. The molecule has 4 aliphatic carbocycles. The molecule has 0 aliphatic heterocycles. The van der Waals surface area contributed by atoms with Crippen LogP contribution < -0.4 is 4.90 Å². The van der Waals surface area contributed by atoms with Crippen LogP contribution in [-0.2, 0) is 27.1 Å². The largest absolute Gasteiger partial charge is 0.310 e. The zero-order valence-electron chi connectivity index (χ0n) is 32.8. The third kappa shape index (κ3) is 4.67. The Morgan fingerprint density at radius 2 is 1.23 bits per heavy atom. The van der Waals surface area contributed by atoms with Gasteiger partial charge in [-0.3, -0.25) is 0 Å². The lowest BCUT2D eigenvalue weighted by atomic mass is 9.77. The summed E-state index contributed by atoms with van der Waals surface area (Å²) in [6.07, 6.45) is 8.41. The number of fused-ring (bicyclic) bond motifs is 4. The molecule has 0 heterocycles. The van der Waals surface area contributed by atoms with E-state index in [4.69, 9.17) is 0 Å². The molecule has 1 saturated carbocycles. The fourth-order valence-electron chi connectivity index (χ4n) is 9.97. The highest BCUT2D eigenvalue weighted by Gasteiger charge is 2.65. The van der Waals surface area contributed by atoms with Crippen LogP contribution in [0.15, 0.2) is 127 Å². The van der Waals surface area contributed by atoms with Crippen LogP contribution in [0.3, 0.4) is 0 Å². The summed E-state index contributed by atoms with van der Waals surface area (Å²) in [5.41, 5.74) is 19.2. The highest BCUT2D eigenvalue weighted by molar-refractivity contribution is 5.96. The minimum Gasteiger partial charge on any atom is -0.310 e. The second-order valence-corrected chi connectivity index (χ2v) is 19.2. The Morgan fingerprint density at radius 1 is 0.577 bits per heavy atom. The molecule has 0 N–H and O–H groups in total. The quantitative estimate of drug-likeness (QED) is 0.183. The first-order valence-corrected chi connectivity index (χ1v) is 19.4. The van der Waals surface area contributed by atoms with Crippen molar-refractivity contribution in [3.63, 3.8) is 0 Å². The molecule has 1 fully saturated rings. The summed E-state index contributed by atoms with van der Waals surface area (Å²) < 4.78 is 0. The lowest BCUT2D eigenvalue weighted by molar-refractivity contribution is 0.580. The van der Waals surface area contributed by atoms with Gasteiger partial charge in [-0.25, -0.2) is 0 Å². The van der Waals surface area contributed by atoms with Crippen molar-refractivity contribution in [3.8, 4) is 22.3 Å². The van der Waals surface area contributed by atoms with Crippen molar-refractivity contribution in [3.05, 3.63) is 160 Å². The third-order valence-corrected chi connectivity index (χ3v) is 13.1. The number of allylic oxidation sites excluding steroid dienone is 4. The fraction of sp³-hybridized carbons (Fsp3) is 0.333. The van der Waals surface area contributed by atoms with Gasteiger partial charge >= 0.3 is 0 Å². The molecule has 0 radical (unpaired) electrons. The number of rotatable bonds is 4. The summed E-state index contributed by atoms with van der Waals surface area (Å²) in [5.74, 6) is 0.629. The SMILES string of the molecule is CC(C)(C)c1ccc2c(c1)C(C)(C)c1cc(C(C)(C)C)cc(N(c3ccc(-c4ccccc4)cc3)c3ccc4c(c3)C(C)(C)C3=CC=CC5CC345)c1-2. The van der Waals surface area contributed by atoms with E-state index >= 15 is 0 Å². The van der Waals surface area contributed by atoms with Crippen LogP contribution in [-0.4, -0.2) is 0 Å². The molecule has 1 nitrogen and oxygen atoms in total. The number of hydrogen-bond acceptors (Lipinski definition) is 1. The van der Waals surface area contributed by atoms with Gasteiger partial charge in [0.2, 0.25) is 0 Å². The third-order valence-electron chi connectivity index (χ3n) is 13.1. The van der Waals surface area contributed by atoms with Gasteiger partial charge < -0.3 is 4.90 Å². The van der Waals surface area contributed by atoms with Gasteiger partial charge in [0.15, 0.2) is 0 Å². The maximum absolute atomic E-state index is 2.58. The standard InChI is InChI=1S/C51H53N/c1-47(2,3)34-21-25-39-41(27-34)49(7,8)43-28-36(48(4,5)6)29-44(46(39)43)52(37-22-19-33(20-23-37)32-15-12-11-13-16-32)38-24-26-40-42(30-38)50(9,10)45-18-14-17-35-31-51(35,40)45/h11-30,35H,31H2,1-10H3. The van der Waals surface area contributed by atoms with Crippen molar-refractivity contribution in [1.29, 1.82) is 0 Å². The molecule has 1 spiro atoms. The number of benzene rings is 5. The van der Waals surface area contributed by atoms with E-state index in [-0.39, 0.29) is 27.1 Å². The van der Waals surface area contributed by atoms with Crippen LogP contribution >= 0.6 is 0 Å². The number of hydrogen-bond donors (Lipinski definition) is 0. The molecule has 52 heavy (non-hydrogen) atoms. The molecule has 0 bridgehead atoms. The van der Waals surface area contributed by atoms with Crippen LogP contribution in [0.1, 0.15) is 109 Å². The van der Waals surface area contributed by atoms with E-state index in [9.17, 15) is 0 Å². The van der Waals surface area contributed by atoms with Crippen molar-refractivity contribution in [2.24, 2.45) is 5.92 Å². The van der Waals surface area contributed by atoms with Crippen molar-refractivity contribution in [2.75, 3.05) is 4.90 Å². The summed E-state index contributed by atoms with van der Waals surface area (Å²) in [6.45, 7) is 23.8. The van der Waals surface area contributed by atoms with Crippen LogP contribution in [0.4, 0.5) is 17.1 Å². The summed E-state index contributed by atoms with van der Waals surface area (Å²) >= 11 is 0. The van der Waals surface area contributed by atoms with E-state index in [0.717, 1.165) is 0 Å². The zero-order chi connectivity index (χ0) is 36.6. The first-order chi connectivity index (χ1) is 24.5. The van der Waals surface area contributed by atoms with Gasteiger partial charge in [-0.05, 0) is 109 Å². The van der Waals surface area contributed by atoms with E-state index in [1.165, 1.54) is 79.1 Å². The molecular weight excluding hydrogens is 627 g/mol. The molecule has 5 aromatic carbocycles. The summed E-state index contributed by atoms with van der Waals surface area (Å²) in [4.78, 5) is 2.58. The summed E-state index contributed by atoms with van der Waals surface area (Å²) in [6, 6.07) is 39.8. The zero-order valence-corrected chi connectivity index (χ0v) is 32.8. The van der Waals surface area contributed by atoms with Crippen molar-refractivity contribution < 1.29 is 0 Å². The second kappa shape index (κ2) is 10.7. The molecule has 5 aromatic rings. The van der Waals surface area contributed by atoms with Gasteiger partial charge in [-0.2, -0.15) is 0 Å². The van der Waals surface area contributed by atoms with Crippen LogP contribution in [0, 0.1) is 5.92 Å². The first-order valence-electron chi connectivity index (χ1n) is 19.4. The Bertz CT molecular complexity index is 2330. The monoisotopic (exact) mass is 679 g/mol. The molecule has 2 atom stereocenters. The predicted molar refractivity (Wildman–Crippen MR) is 222 cm³/mol. The Morgan fingerprint density at radius 3 is 1.92 bits per heavy atom. The van der Waals surface area contributed by atoms with E-state index in [0.29, 0.717) is 5.92 Å². The van der Waals surface area contributed by atoms with Gasteiger partial charge in [-0.1, -0.05) is 160 Å². The maximum atomic E-state index is 2.58. The molecule has 0 aromatic heterocycles. The van der Waals surface area contributed by atoms with E-state index in [1.807, 2.05) is 0 Å². The van der Waals surface area contributed by atoms with Crippen molar-refractivity contribution in [1.82, 2.24) is 0 Å². The molecule has 0 saturated heterocycles. The lowest BCUT2D eigenvalue weighted by Crippen LogP contribution is -2.21. The van der Waals surface area contributed by atoms with E-state index in [2.05, 4.69) is 195 Å². The second-order valence-electron chi connectivity index (χ2n) is 19.2.